The van der Waals surface area contributed by atoms with Crippen molar-refractivity contribution in [1.29, 1.82) is 0 Å². The molecule has 212 valence electrons. The lowest BCUT2D eigenvalue weighted by atomic mass is 10.0. The molecule has 0 saturated heterocycles. The summed E-state index contributed by atoms with van der Waals surface area (Å²) >= 11 is 7.51. The number of anilines is 1. The first kappa shape index (κ1) is 28.1. The Morgan fingerprint density at radius 1 is 1.15 bits per heavy atom. The summed E-state index contributed by atoms with van der Waals surface area (Å²) in [6.07, 6.45) is 4.04. The zero-order valence-corrected chi connectivity index (χ0v) is 24.3. The summed E-state index contributed by atoms with van der Waals surface area (Å²) in [6.45, 7) is -0.200. The van der Waals surface area contributed by atoms with Crippen molar-refractivity contribution in [3.05, 3.63) is 70.2 Å². The molecule has 40 heavy (non-hydrogen) atoms. The van der Waals surface area contributed by atoms with Gasteiger partial charge in [0.1, 0.15) is 39.6 Å². The third-order valence-corrected chi connectivity index (χ3v) is 9.77. The smallest absolute Gasteiger partial charge is 0.269 e. The van der Waals surface area contributed by atoms with Crippen molar-refractivity contribution in [1.82, 2.24) is 20.0 Å². The van der Waals surface area contributed by atoms with Gasteiger partial charge in [-0.2, -0.15) is 5.10 Å². The molecular formula is C26H27ClFN5O5S2. The molecule has 0 aliphatic heterocycles. The average Bonchev–Trinajstić information content (AvgIpc) is 3.71. The van der Waals surface area contributed by atoms with Gasteiger partial charge >= 0.3 is 0 Å². The van der Waals surface area contributed by atoms with Crippen LogP contribution in [0.25, 0.3) is 0 Å². The molecule has 5 rings (SSSR count). The van der Waals surface area contributed by atoms with Gasteiger partial charge in [-0.15, -0.1) is 10.2 Å². The highest BCUT2D eigenvalue weighted by Crippen LogP contribution is 2.40. The van der Waals surface area contributed by atoms with E-state index < -0.39 is 20.7 Å². The van der Waals surface area contributed by atoms with Gasteiger partial charge < -0.3 is 14.2 Å². The van der Waals surface area contributed by atoms with Gasteiger partial charge in [-0.05, 0) is 43.5 Å². The molecule has 0 spiro atoms. The van der Waals surface area contributed by atoms with E-state index >= 15 is 4.39 Å². The number of aromatic nitrogens is 4. The van der Waals surface area contributed by atoms with Gasteiger partial charge in [0.15, 0.2) is 0 Å². The topological polar surface area (TPSA) is 109 Å². The Hall–Kier alpha value is -3.42. The number of nitrogens with zero attached hydrogens (tertiary/aromatic N) is 5. The third-order valence-electron chi connectivity index (χ3n) is 6.89. The van der Waals surface area contributed by atoms with E-state index in [1.165, 1.54) is 19.7 Å². The van der Waals surface area contributed by atoms with Gasteiger partial charge in [-0.25, -0.2) is 17.1 Å². The van der Waals surface area contributed by atoms with Crippen molar-refractivity contribution >= 4 is 38.1 Å². The number of rotatable bonds is 10. The van der Waals surface area contributed by atoms with Gasteiger partial charge in [0.2, 0.25) is 5.13 Å². The van der Waals surface area contributed by atoms with Crippen molar-refractivity contribution in [3.63, 3.8) is 0 Å². The van der Waals surface area contributed by atoms with Gasteiger partial charge in [0, 0.05) is 42.6 Å². The molecule has 10 nitrogen and oxygen atoms in total. The molecular weight excluding hydrogens is 581 g/mol. The number of methoxy groups -OCH3 is 2. The molecule has 1 aliphatic rings. The van der Waals surface area contributed by atoms with Crippen LogP contribution in [0, 0.1) is 5.82 Å². The first-order valence-electron chi connectivity index (χ1n) is 12.4. The molecule has 0 bridgehead atoms. The Morgan fingerprint density at radius 2 is 1.98 bits per heavy atom. The van der Waals surface area contributed by atoms with E-state index in [1.807, 2.05) is 13.1 Å². The number of aryl methyl sites for hydroxylation is 1. The highest BCUT2D eigenvalue weighted by molar-refractivity contribution is 7.93. The number of halogens is 2. The van der Waals surface area contributed by atoms with Crippen LogP contribution >= 0.6 is 22.9 Å². The number of ether oxygens (including phenoxy) is 3. The van der Waals surface area contributed by atoms with Crippen LogP contribution in [-0.4, -0.2) is 48.7 Å². The van der Waals surface area contributed by atoms with Crippen LogP contribution in [0.2, 0.25) is 5.02 Å². The summed E-state index contributed by atoms with van der Waals surface area (Å²) in [7, 11) is 0.353. The summed E-state index contributed by atoms with van der Waals surface area (Å²) in [6, 6.07) is 9.01. The molecule has 4 aromatic rings. The number of hydrogen-bond acceptors (Lipinski definition) is 9. The molecule has 2 aromatic carbocycles. The van der Waals surface area contributed by atoms with Crippen molar-refractivity contribution in [3.8, 4) is 17.2 Å². The zero-order chi connectivity index (χ0) is 28.4. The predicted molar refractivity (Wildman–Crippen MR) is 148 cm³/mol. The maximum absolute atomic E-state index is 15.6. The Morgan fingerprint density at radius 3 is 2.65 bits per heavy atom. The minimum Gasteiger partial charge on any atom is -0.497 e. The summed E-state index contributed by atoms with van der Waals surface area (Å²) in [5.74, 6) is 0.0719. The average molecular weight is 608 g/mol. The quantitative estimate of drug-likeness (QED) is 0.242. The molecule has 0 N–H and O–H groups in total. The molecule has 1 fully saturated rings. The summed E-state index contributed by atoms with van der Waals surface area (Å²) in [5, 5.41) is 12.0. The molecule has 0 unspecified atom stereocenters. The molecule has 1 saturated carbocycles. The van der Waals surface area contributed by atoms with Crippen LogP contribution in [0.3, 0.4) is 0 Å². The van der Waals surface area contributed by atoms with E-state index in [-0.39, 0.29) is 34.5 Å². The minimum atomic E-state index is -4.48. The molecule has 0 amide bonds. The Kier molecular flexibility index (Phi) is 8.15. The number of sulfonamides is 1. The molecule has 2 heterocycles. The molecule has 2 atom stereocenters. The van der Waals surface area contributed by atoms with Crippen LogP contribution < -0.4 is 18.5 Å². The Balaban J connectivity index is 1.47. The first-order valence-corrected chi connectivity index (χ1v) is 15.1. The molecule has 2 aromatic heterocycles. The highest BCUT2D eigenvalue weighted by atomic mass is 35.5. The monoisotopic (exact) mass is 607 g/mol. The lowest BCUT2D eigenvalue weighted by molar-refractivity contribution is 0.186. The lowest BCUT2D eigenvalue weighted by Crippen LogP contribution is -2.31. The van der Waals surface area contributed by atoms with Crippen LogP contribution in [0.4, 0.5) is 9.52 Å². The summed E-state index contributed by atoms with van der Waals surface area (Å²) < 4.78 is 62.9. The summed E-state index contributed by atoms with van der Waals surface area (Å²) in [4.78, 5) is -0.609. The minimum absolute atomic E-state index is 0.0186. The zero-order valence-electron chi connectivity index (χ0n) is 22.0. The van der Waals surface area contributed by atoms with Crippen molar-refractivity contribution in [2.75, 3.05) is 18.5 Å². The number of benzene rings is 2. The largest absolute Gasteiger partial charge is 0.497 e. The fraction of sp³-hybridized carbons (Fsp3) is 0.346. The van der Waals surface area contributed by atoms with Crippen molar-refractivity contribution in [2.45, 2.75) is 42.7 Å². The van der Waals surface area contributed by atoms with E-state index in [2.05, 4.69) is 15.3 Å². The van der Waals surface area contributed by atoms with E-state index in [4.69, 9.17) is 25.8 Å². The molecule has 14 heteroatoms. The predicted octanol–water partition coefficient (Wildman–Crippen LogP) is 5.19. The molecule has 1 aliphatic carbocycles. The van der Waals surface area contributed by atoms with Crippen molar-refractivity contribution in [2.24, 2.45) is 7.05 Å². The Bertz CT molecular complexity index is 1600. The van der Waals surface area contributed by atoms with Crippen LogP contribution in [-0.2, 0) is 23.6 Å². The SMILES string of the molecule is COc1ccc(CN(c2nncs2)S(=O)(=O)c2cc(Cl)c(O[C@H]3CCC[C@@H]3c3ccnn3C)cc2F)c(OC)c1. The van der Waals surface area contributed by atoms with Crippen LogP contribution in [0.1, 0.15) is 36.4 Å². The first-order chi connectivity index (χ1) is 19.2. The van der Waals surface area contributed by atoms with E-state index in [0.717, 1.165) is 52.7 Å². The van der Waals surface area contributed by atoms with Crippen LogP contribution in [0.5, 0.6) is 17.2 Å². The van der Waals surface area contributed by atoms with E-state index in [1.54, 1.807) is 29.1 Å². The fourth-order valence-corrected chi connectivity index (χ4v) is 7.42. The van der Waals surface area contributed by atoms with Gasteiger partial charge in [0.05, 0.1) is 25.8 Å². The van der Waals surface area contributed by atoms with Crippen LogP contribution in [0.15, 0.2) is 53.0 Å². The third kappa shape index (κ3) is 5.45. The maximum Gasteiger partial charge on any atom is 0.269 e. The van der Waals surface area contributed by atoms with E-state index in [9.17, 15) is 8.42 Å². The summed E-state index contributed by atoms with van der Waals surface area (Å²) in [5.41, 5.74) is 2.92. The van der Waals surface area contributed by atoms with Gasteiger partial charge in [0.25, 0.3) is 10.0 Å². The van der Waals surface area contributed by atoms with Gasteiger partial charge in [-0.1, -0.05) is 22.9 Å². The standard InChI is InChI=1S/C26H27ClFN5O5S2/c1-32-21(9-10-30-32)18-5-4-6-22(18)38-24-13-20(28)25(12-19(24)27)40(34,35)33(26-31-29-15-39-26)14-16-7-8-17(36-2)11-23(16)37-3/h7-13,15,18,22H,4-6,14H2,1-3H3/t18-,22+/m1/s1. The van der Waals surface area contributed by atoms with Gasteiger partial charge in [-0.3, -0.25) is 4.68 Å². The highest BCUT2D eigenvalue weighted by Gasteiger charge is 2.35. The lowest BCUT2D eigenvalue weighted by Gasteiger charge is -2.24. The number of hydrogen-bond donors (Lipinski definition) is 0. The second kappa shape index (κ2) is 11.6. The fourth-order valence-electron chi connectivity index (χ4n) is 4.90. The van der Waals surface area contributed by atoms with Crippen molar-refractivity contribution < 1.29 is 27.0 Å². The van der Waals surface area contributed by atoms with E-state index in [0.29, 0.717) is 17.1 Å². The maximum atomic E-state index is 15.6. The Labute approximate surface area is 240 Å². The molecule has 0 radical (unpaired) electrons. The second-order valence-corrected chi connectivity index (χ2v) is 12.2. The normalized spacial score (nSPS) is 17.1. The second-order valence-electron chi connectivity index (χ2n) is 9.20.